The van der Waals surface area contributed by atoms with Gasteiger partial charge in [-0.1, -0.05) is 18.0 Å². The molecule has 2 fully saturated rings. The fraction of sp³-hybridized carbons (Fsp3) is 0.647. The van der Waals surface area contributed by atoms with Crippen molar-refractivity contribution in [2.75, 3.05) is 25.0 Å². The smallest absolute Gasteiger partial charge is 0.0410 e. The average Bonchev–Trinajstić information content (AvgIpc) is 3.01. The Kier molecular flexibility index (Phi) is 4.23. The molecule has 2 aliphatic rings. The van der Waals surface area contributed by atoms with E-state index in [9.17, 15) is 0 Å². The van der Waals surface area contributed by atoms with Crippen molar-refractivity contribution >= 4 is 17.3 Å². The quantitative estimate of drug-likeness (QED) is 0.896. The van der Waals surface area contributed by atoms with Gasteiger partial charge in [-0.2, -0.15) is 0 Å². The van der Waals surface area contributed by atoms with Crippen molar-refractivity contribution < 1.29 is 0 Å². The number of hydrogen-bond acceptors (Lipinski definition) is 2. The summed E-state index contributed by atoms with van der Waals surface area (Å²) in [4.78, 5) is 2.42. The summed E-state index contributed by atoms with van der Waals surface area (Å²) in [5.74, 6) is 2.89. The van der Waals surface area contributed by atoms with Crippen molar-refractivity contribution in [2.45, 2.75) is 32.1 Å². The van der Waals surface area contributed by atoms with Crippen LogP contribution in [0.3, 0.4) is 0 Å². The molecule has 3 atom stereocenters. The molecule has 0 aromatic heterocycles. The van der Waals surface area contributed by atoms with Crippen molar-refractivity contribution in [3.63, 3.8) is 0 Å². The first-order valence-corrected chi connectivity index (χ1v) is 8.24. The predicted octanol–water partition coefficient (Wildman–Crippen LogP) is 3.71. The molecule has 2 aliphatic carbocycles. The van der Waals surface area contributed by atoms with Gasteiger partial charge in [0.05, 0.1) is 0 Å². The Morgan fingerprint density at radius 2 is 2.15 bits per heavy atom. The maximum Gasteiger partial charge on any atom is 0.0410 e. The van der Waals surface area contributed by atoms with E-state index in [1.807, 2.05) is 6.07 Å². The third-order valence-electron chi connectivity index (χ3n) is 5.26. The van der Waals surface area contributed by atoms with Gasteiger partial charge in [-0.3, -0.25) is 0 Å². The molecule has 1 aromatic rings. The lowest BCUT2D eigenvalue weighted by molar-refractivity contribution is 0.337. The fourth-order valence-electron chi connectivity index (χ4n) is 4.33. The van der Waals surface area contributed by atoms with Gasteiger partial charge in [0, 0.05) is 24.3 Å². The lowest BCUT2D eigenvalue weighted by Gasteiger charge is -2.30. The number of halogens is 1. The molecule has 3 rings (SSSR count). The van der Waals surface area contributed by atoms with Crippen LogP contribution in [-0.2, 0) is 6.42 Å². The molecule has 0 radical (unpaired) electrons. The van der Waals surface area contributed by atoms with Crippen LogP contribution in [0.4, 0.5) is 5.69 Å². The SMILES string of the molecule is CN(CC1CC2CCC1C2)c1ccc(Cl)cc1CCN. The third-order valence-corrected chi connectivity index (χ3v) is 5.49. The van der Waals surface area contributed by atoms with E-state index < -0.39 is 0 Å². The number of rotatable bonds is 5. The van der Waals surface area contributed by atoms with Crippen molar-refractivity contribution in [3.05, 3.63) is 28.8 Å². The van der Waals surface area contributed by atoms with Gasteiger partial charge in [-0.15, -0.1) is 0 Å². The molecule has 3 heteroatoms. The largest absolute Gasteiger partial charge is 0.374 e. The molecular formula is C17H25ClN2. The Morgan fingerprint density at radius 3 is 2.80 bits per heavy atom. The highest BCUT2D eigenvalue weighted by Gasteiger charge is 2.39. The zero-order valence-corrected chi connectivity index (χ0v) is 13.1. The second-order valence-corrected chi connectivity index (χ2v) is 7.06. The summed E-state index contributed by atoms with van der Waals surface area (Å²) in [5.41, 5.74) is 8.32. The minimum Gasteiger partial charge on any atom is -0.374 e. The third kappa shape index (κ3) is 2.82. The standard InChI is InChI=1S/C17H25ClN2/c1-20(11-15-9-12-2-3-13(15)8-12)17-5-4-16(18)10-14(17)6-7-19/h4-5,10,12-13,15H,2-3,6-9,11,19H2,1H3. The van der Waals surface area contributed by atoms with Crippen molar-refractivity contribution in [1.82, 2.24) is 0 Å². The second-order valence-electron chi connectivity index (χ2n) is 6.63. The minimum atomic E-state index is 0.676. The highest BCUT2D eigenvalue weighted by molar-refractivity contribution is 6.30. The number of benzene rings is 1. The second kappa shape index (κ2) is 5.95. The van der Waals surface area contributed by atoms with Crippen molar-refractivity contribution in [3.8, 4) is 0 Å². The van der Waals surface area contributed by atoms with Crippen molar-refractivity contribution in [2.24, 2.45) is 23.5 Å². The molecule has 3 unspecified atom stereocenters. The molecule has 2 saturated carbocycles. The van der Waals surface area contributed by atoms with Crippen LogP contribution < -0.4 is 10.6 Å². The lowest BCUT2D eigenvalue weighted by atomic mass is 9.88. The first-order chi connectivity index (χ1) is 9.67. The topological polar surface area (TPSA) is 29.3 Å². The Labute approximate surface area is 127 Å². The summed E-state index contributed by atoms with van der Waals surface area (Å²) >= 11 is 6.12. The number of nitrogens with two attached hydrogens (primary N) is 1. The van der Waals surface area contributed by atoms with Gasteiger partial charge in [-0.05, 0) is 73.7 Å². The summed E-state index contributed by atoms with van der Waals surface area (Å²) < 4.78 is 0. The Bertz CT molecular complexity index is 474. The number of hydrogen-bond donors (Lipinski definition) is 1. The lowest BCUT2D eigenvalue weighted by Crippen LogP contribution is -2.29. The summed E-state index contributed by atoms with van der Waals surface area (Å²) in [6, 6.07) is 6.22. The Morgan fingerprint density at radius 1 is 1.30 bits per heavy atom. The van der Waals surface area contributed by atoms with E-state index in [1.165, 1.54) is 43.5 Å². The molecule has 2 N–H and O–H groups in total. The predicted molar refractivity (Wildman–Crippen MR) is 86.4 cm³/mol. The highest BCUT2D eigenvalue weighted by atomic mass is 35.5. The van der Waals surface area contributed by atoms with Crippen LogP contribution in [0.15, 0.2) is 18.2 Å². The molecule has 1 aromatic carbocycles. The first kappa shape index (κ1) is 14.2. The zero-order chi connectivity index (χ0) is 14.1. The minimum absolute atomic E-state index is 0.676. The molecule has 0 spiro atoms. The molecule has 0 amide bonds. The van der Waals surface area contributed by atoms with Crippen LogP contribution in [0.25, 0.3) is 0 Å². The number of fused-ring (bicyclic) bond motifs is 2. The van der Waals surface area contributed by atoms with Crippen LogP contribution in [-0.4, -0.2) is 20.1 Å². The zero-order valence-electron chi connectivity index (χ0n) is 12.3. The van der Waals surface area contributed by atoms with Crippen LogP contribution in [0.1, 0.15) is 31.2 Å². The van der Waals surface area contributed by atoms with E-state index in [-0.39, 0.29) is 0 Å². The summed E-state index contributed by atoms with van der Waals surface area (Å²) in [7, 11) is 2.22. The van der Waals surface area contributed by atoms with Gasteiger partial charge < -0.3 is 10.6 Å². The van der Waals surface area contributed by atoms with Crippen molar-refractivity contribution in [1.29, 1.82) is 0 Å². The normalized spacial score (nSPS) is 28.1. The Hall–Kier alpha value is -0.730. The van der Waals surface area contributed by atoms with E-state index in [1.54, 1.807) is 0 Å². The maximum atomic E-state index is 6.12. The van der Waals surface area contributed by atoms with E-state index in [2.05, 4.69) is 24.1 Å². The summed E-state index contributed by atoms with van der Waals surface area (Å²) in [6.07, 6.45) is 6.75. The van der Waals surface area contributed by atoms with Gasteiger partial charge in [0.15, 0.2) is 0 Å². The fourth-order valence-corrected chi connectivity index (χ4v) is 4.53. The van der Waals surface area contributed by atoms with Crippen LogP contribution in [0, 0.1) is 17.8 Å². The summed E-state index contributed by atoms with van der Waals surface area (Å²) in [6.45, 7) is 1.86. The number of nitrogens with zero attached hydrogens (tertiary/aromatic N) is 1. The molecule has 0 saturated heterocycles. The molecule has 2 bridgehead atoms. The monoisotopic (exact) mass is 292 g/mol. The molecule has 0 aliphatic heterocycles. The van der Waals surface area contributed by atoms with E-state index in [4.69, 9.17) is 17.3 Å². The van der Waals surface area contributed by atoms with E-state index >= 15 is 0 Å². The molecule has 0 heterocycles. The van der Waals surface area contributed by atoms with Crippen LogP contribution in [0.2, 0.25) is 5.02 Å². The summed E-state index contributed by atoms with van der Waals surface area (Å²) in [5, 5.41) is 0.811. The van der Waals surface area contributed by atoms with Gasteiger partial charge >= 0.3 is 0 Å². The average molecular weight is 293 g/mol. The van der Waals surface area contributed by atoms with E-state index in [0.717, 1.165) is 29.2 Å². The van der Waals surface area contributed by atoms with E-state index in [0.29, 0.717) is 6.54 Å². The molecule has 110 valence electrons. The molecule has 20 heavy (non-hydrogen) atoms. The highest BCUT2D eigenvalue weighted by Crippen LogP contribution is 2.48. The molecular weight excluding hydrogens is 268 g/mol. The first-order valence-electron chi connectivity index (χ1n) is 7.87. The van der Waals surface area contributed by atoms with Gasteiger partial charge in [-0.25, -0.2) is 0 Å². The van der Waals surface area contributed by atoms with Crippen LogP contribution >= 0.6 is 11.6 Å². The van der Waals surface area contributed by atoms with Gasteiger partial charge in [0.2, 0.25) is 0 Å². The Balaban J connectivity index is 1.71. The van der Waals surface area contributed by atoms with Gasteiger partial charge in [0.1, 0.15) is 0 Å². The maximum absolute atomic E-state index is 6.12. The molecule has 2 nitrogen and oxygen atoms in total. The van der Waals surface area contributed by atoms with Gasteiger partial charge in [0.25, 0.3) is 0 Å². The van der Waals surface area contributed by atoms with Crippen LogP contribution in [0.5, 0.6) is 0 Å². The number of anilines is 1.